The Bertz CT molecular complexity index is 881. The highest BCUT2D eigenvalue weighted by Gasteiger charge is 2.32. The van der Waals surface area contributed by atoms with Crippen LogP contribution in [0.4, 0.5) is 5.69 Å². The Morgan fingerprint density at radius 3 is 2.35 bits per heavy atom. The Labute approximate surface area is 155 Å². The molecular formula is C20H24N2O3S. The molecule has 1 unspecified atom stereocenters. The van der Waals surface area contributed by atoms with Gasteiger partial charge in [0.1, 0.15) is 0 Å². The lowest BCUT2D eigenvalue weighted by atomic mass is 10.0. The Balaban J connectivity index is 1.74. The first-order valence-electron chi connectivity index (χ1n) is 8.69. The minimum atomic E-state index is -3.00. The van der Waals surface area contributed by atoms with Crippen LogP contribution in [0.5, 0.6) is 0 Å². The molecule has 5 nitrogen and oxygen atoms in total. The molecule has 1 aliphatic heterocycles. The smallest absolute Gasteiger partial charge is 0.242 e. The molecule has 3 rings (SSSR count). The third-order valence-corrected chi connectivity index (χ3v) is 6.67. The quantitative estimate of drug-likeness (QED) is 0.809. The zero-order chi connectivity index (χ0) is 18.7. The van der Waals surface area contributed by atoms with Crippen molar-refractivity contribution in [3.05, 3.63) is 54.6 Å². The predicted molar refractivity (Wildman–Crippen MR) is 105 cm³/mol. The van der Waals surface area contributed by atoms with Crippen LogP contribution in [0.2, 0.25) is 0 Å². The van der Waals surface area contributed by atoms with Gasteiger partial charge >= 0.3 is 0 Å². The molecule has 1 saturated heterocycles. The van der Waals surface area contributed by atoms with Gasteiger partial charge in [0.05, 0.1) is 18.1 Å². The van der Waals surface area contributed by atoms with E-state index in [-0.39, 0.29) is 30.0 Å². The normalized spacial score (nSPS) is 18.5. The molecule has 1 amide bonds. The molecule has 0 aromatic heterocycles. The van der Waals surface area contributed by atoms with Gasteiger partial charge in [-0.15, -0.1) is 0 Å². The van der Waals surface area contributed by atoms with E-state index in [9.17, 15) is 13.2 Å². The average molecular weight is 372 g/mol. The first-order valence-corrected chi connectivity index (χ1v) is 10.5. The van der Waals surface area contributed by atoms with Crippen LogP contribution in [-0.4, -0.2) is 57.4 Å². The van der Waals surface area contributed by atoms with Gasteiger partial charge in [0.2, 0.25) is 5.91 Å². The van der Waals surface area contributed by atoms with Crippen LogP contribution < -0.4 is 4.90 Å². The van der Waals surface area contributed by atoms with E-state index in [4.69, 9.17) is 0 Å². The van der Waals surface area contributed by atoms with Crippen molar-refractivity contribution in [3.63, 3.8) is 0 Å². The van der Waals surface area contributed by atoms with Gasteiger partial charge in [0, 0.05) is 31.4 Å². The molecule has 2 aromatic rings. The van der Waals surface area contributed by atoms with Gasteiger partial charge in [-0.1, -0.05) is 48.5 Å². The Hall–Kier alpha value is -2.34. The first kappa shape index (κ1) is 18.5. The molecule has 0 N–H and O–H groups in total. The summed E-state index contributed by atoms with van der Waals surface area (Å²) in [7, 11) is 0.582. The van der Waals surface area contributed by atoms with Gasteiger partial charge in [-0.25, -0.2) is 8.42 Å². The number of carbonyl (C=O) groups excluding carboxylic acids is 1. The van der Waals surface area contributed by atoms with Gasteiger partial charge in [-0.2, -0.15) is 0 Å². The second kappa shape index (κ2) is 7.50. The molecule has 0 spiro atoms. The fourth-order valence-electron chi connectivity index (χ4n) is 3.35. The number of nitrogens with zero attached hydrogens (tertiary/aromatic N) is 2. The minimum Gasteiger partial charge on any atom is -0.365 e. The van der Waals surface area contributed by atoms with E-state index in [1.807, 2.05) is 66.5 Å². The highest BCUT2D eigenvalue weighted by atomic mass is 32.2. The number of likely N-dealkylation sites (N-methyl/N-ethyl adjacent to an activating group) is 2. The SMILES string of the molecule is CN(CC(=O)N(C)C1CCS(=O)(=O)C1)c1ccccc1-c1ccccc1. The van der Waals surface area contributed by atoms with Gasteiger partial charge in [0.25, 0.3) is 0 Å². The van der Waals surface area contributed by atoms with E-state index in [0.717, 1.165) is 16.8 Å². The van der Waals surface area contributed by atoms with Crippen LogP contribution in [-0.2, 0) is 14.6 Å². The van der Waals surface area contributed by atoms with Crippen LogP contribution in [0.3, 0.4) is 0 Å². The molecule has 1 aliphatic rings. The lowest BCUT2D eigenvalue weighted by molar-refractivity contribution is -0.130. The van der Waals surface area contributed by atoms with Crippen LogP contribution in [0, 0.1) is 0 Å². The number of benzene rings is 2. The molecule has 0 radical (unpaired) electrons. The highest BCUT2D eigenvalue weighted by Crippen LogP contribution is 2.30. The fourth-order valence-corrected chi connectivity index (χ4v) is 5.13. The van der Waals surface area contributed by atoms with Crippen molar-refractivity contribution in [3.8, 4) is 11.1 Å². The number of rotatable bonds is 5. The van der Waals surface area contributed by atoms with E-state index in [1.165, 1.54) is 0 Å². The summed E-state index contributed by atoms with van der Waals surface area (Å²) in [6.07, 6.45) is 0.523. The van der Waals surface area contributed by atoms with Gasteiger partial charge in [0.15, 0.2) is 9.84 Å². The maximum absolute atomic E-state index is 12.7. The van der Waals surface area contributed by atoms with E-state index in [1.54, 1.807) is 11.9 Å². The molecule has 1 fully saturated rings. The highest BCUT2D eigenvalue weighted by molar-refractivity contribution is 7.91. The minimum absolute atomic E-state index is 0.0690. The summed E-state index contributed by atoms with van der Waals surface area (Å²) >= 11 is 0. The van der Waals surface area contributed by atoms with E-state index in [0.29, 0.717) is 6.42 Å². The van der Waals surface area contributed by atoms with Crippen molar-refractivity contribution >= 4 is 21.4 Å². The number of hydrogen-bond acceptors (Lipinski definition) is 4. The molecule has 0 bridgehead atoms. The molecule has 26 heavy (non-hydrogen) atoms. The maximum atomic E-state index is 12.7. The lowest BCUT2D eigenvalue weighted by Crippen LogP contribution is -2.43. The molecule has 0 aliphatic carbocycles. The van der Waals surface area contributed by atoms with E-state index < -0.39 is 9.84 Å². The first-order chi connectivity index (χ1) is 12.4. The Morgan fingerprint density at radius 2 is 1.69 bits per heavy atom. The van der Waals surface area contributed by atoms with E-state index in [2.05, 4.69) is 0 Å². The van der Waals surface area contributed by atoms with Crippen molar-refractivity contribution in [2.24, 2.45) is 0 Å². The number of para-hydroxylation sites is 1. The number of amides is 1. The van der Waals surface area contributed by atoms with Crippen molar-refractivity contribution < 1.29 is 13.2 Å². The lowest BCUT2D eigenvalue weighted by Gasteiger charge is -2.28. The number of hydrogen-bond donors (Lipinski definition) is 0. The zero-order valence-electron chi connectivity index (χ0n) is 15.1. The summed E-state index contributed by atoms with van der Waals surface area (Å²) in [5, 5.41) is 0. The summed E-state index contributed by atoms with van der Waals surface area (Å²) < 4.78 is 23.3. The molecule has 6 heteroatoms. The van der Waals surface area contributed by atoms with Gasteiger partial charge < -0.3 is 9.80 Å². The molecular weight excluding hydrogens is 348 g/mol. The van der Waals surface area contributed by atoms with Crippen molar-refractivity contribution in [1.29, 1.82) is 0 Å². The molecule has 0 saturated carbocycles. The Kier molecular flexibility index (Phi) is 5.32. The maximum Gasteiger partial charge on any atom is 0.242 e. The second-order valence-corrected chi connectivity index (χ2v) is 9.03. The zero-order valence-corrected chi connectivity index (χ0v) is 15.9. The summed E-state index contributed by atoms with van der Waals surface area (Å²) in [5.74, 6) is 0.166. The summed E-state index contributed by atoms with van der Waals surface area (Å²) in [6, 6.07) is 17.8. The third kappa shape index (κ3) is 4.07. The second-order valence-electron chi connectivity index (χ2n) is 6.80. The Morgan fingerprint density at radius 1 is 1.04 bits per heavy atom. The van der Waals surface area contributed by atoms with Crippen LogP contribution >= 0.6 is 0 Å². The largest absolute Gasteiger partial charge is 0.365 e. The topological polar surface area (TPSA) is 57.7 Å². The molecule has 138 valence electrons. The van der Waals surface area contributed by atoms with Crippen molar-refractivity contribution in [1.82, 2.24) is 4.90 Å². The number of carbonyl (C=O) groups is 1. The number of sulfone groups is 1. The van der Waals surface area contributed by atoms with Crippen LogP contribution in [0.1, 0.15) is 6.42 Å². The van der Waals surface area contributed by atoms with E-state index >= 15 is 0 Å². The molecule has 2 aromatic carbocycles. The monoisotopic (exact) mass is 372 g/mol. The summed E-state index contributed by atoms with van der Waals surface area (Å²) in [6.45, 7) is 0.205. The molecule has 1 heterocycles. The number of anilines is 1. The fraction of sp³-hybridized carbons (Fsp3) is 0.350. The molecule has 1 atom stereocenters. The standard InChI is InChI=1S/C20H24N2O3S/c1-21(14-20(23)22(2)17-12-13-26(24,25)15-17)19-11-7-6-10-18(19)16-8-4-3-5-9-16/h3-11,17H,12-15H2,1-2H3. The van der Waals surface area contributed by atoms with Crippen molar-refractivity contribution in [2.45, 2.75) is 12.5 Å². The average Bonchev–Trinajstić information content (AvgIpc) is 3.01. The van der Waals surface area contributed by atoms with Crippen molar-refractivity contribution in [2.75, 3.05) is 37.0 Å². The summed E-state index contributed by atoms with van der Waals surface area (Å²) in [4.78, 5) is 16.2. The summed E-state index contributed by atoms with van der Waals surface area (Å²) in [5.41, 5.74) is 3.13. The van der Waals surface area contributed by atoms with Crippen LogP contribution in [0.25, 0.3) is 11.1 Å². The van der Waals surface area contributed by atoms with Gasteiger partial charge in [-0.3, -0.25) is 4.79 Å². The third-order valence-electron chi connectivity index (χ3n) is 4.92. The predicted octanol–water partition coefficient (Wildman–Crippen LogP) is 2.44. The van der Waals surface area contributed by atoms with Crippen LogP contribution in [0.15, 0.2) is 54.6 Å². The van der Waals surface area contributed by atoms with Gasteiger partial charge in [-0.05, 0) is 18.1 Å².